The number of benzene rings is 3. The molecule has 0 amide bonds. The Morgan fingerprint density at radius 2 is 1.84 bits per heavy atom. The van der Waals surface area contributed by atoms with Gasteiger partial charge in [0, 0.05) is 5.56 Å². The van der Waals surface area contributed by atoms with E-state index in [1.807, 2.05) is 6.07 Å². The van der Waals surface area contributed by atoms with E-state index >= 15 is 0 Å². The van der Waals surface area contributed by atoms with Crippen LogP contribution in [0.1, 0.15) is 10.4 Å². The summed E-state index contributed by atoms with van der Waals surface area (Å²) in [5, 5.41) is 0.947. The lowest BCUT2D eigenvalue weighted by Crippen LogP contribution is -2.22. The third kappa shape index (κ3) is 3.69. The summed E-state index contributed by atoms with van der Waals surface area (Å²) >= 11 is 1.22. The highest BCUT2D eigenvalue weighted by Crippen LogP contribution is 2.33. The van der Waals surface area contributed by atoms with Crippen LogP contribution < -0.4 is 19.8 Å². The number of fused-ring (bicyclic) bond motifs is 2. The van der Waals surface area contributed by atoms with Crippen molar-refractivity contribution in [1.82, 2.24) is 9.55 Å². The van der Waals surface area contributed by atoms with Crippen LogP contribution in [-0.4, -0.2) is 35.0 Å². The Bertz CT molecular complexity index is 1380. The summed E-state index contributed by atoms with van der Waals surface area (Å²) in [5.41, 5.74) is 1.55. The molecular formula is C24H18N2O5S. The lowest BCUT2D eigenvalue weighted by atomic mass is 10.1. The fourth-order valence-electron chi connectivity index (χ4n) is 3.45. The van der Waals surface area contributed by atoms with Crippen LogP contribution in [0.4, 0.5) is 0 Å². The number of rotatable bonds is 6. The van der Waals surface area contributed by atoms with E-state index in [0.717, 1.165) is 0 Å². The van der Waals surface area contributed by atoms with Gasteiger partial charge < -0.3 is 14.2 Å². The normalized spacial score (nSPS) is 12.2. The number of ketones is 1. The van der Waals surface area contributed by atoms with Crippen LogP contribution >= 0.6 is 11.8 Å². The second-order valence-electron chi connectivity index (χ2n) is 7.03. The van der Waals surface area contributed by atoms with Crippen molar-refractivity contribution in [1.29, 1.82) is 0 Å². The molecule has 0 N–H and O–H groups in total. The van der Waals surface area contributed by atoms with Crippen molar-refractivity contribution in [2.24, 2.45) is 0 Å². The largest absolute Gasteiger partial charge is 0.497 e. The van der Waals surface area contributed by atoms with Crippen LogP contribution in [0.25, 0.3) is 16.6 Å². The molecule has 4 aromatic rings. The first-order chi connectivity index (χ1) is 15.6. The standard InChI is InChI=1S/C24H18N2O5S/c1-29-17-9-7-16(8-10-17)26-23(28)18-4-2-3-5-19(18)25-24(26)32-13-20(27)15-6-11-21-22(12-15)31-14-30-21/h2-12H,13-14H2,1H3. The highest BCUT2D eigenvalue weighted by molar-refractivity contribution is 7.99. The van der Waals surface area contributed by atoms with E-state index in [1.165, 1.54) is 16.3 Å². The Kier molecular flexibility index (Phi) is 5.28. The van der Waals surface area contributed by atoms with Crippen molar-refractivity contribution >= 4 is 28.4 Å². The molecular weight excluding hydrogens is 428 g/mol. The molecule has 0 radical (unpaired) electrons. The zero-order chi connectivity index (χ0) is 22.1. The minimum Gasteiger partial charge on any atom is -0.497 e. The van der Waals surface area contributed by atoms with Crippen LogP contribution in [0, 0.1) is 0 Å². The van der Waals surface area contributed by atoms with Gasteiger partial charge in [0.1, 0.15) is 5.75 Å². The van der Waals surface area contributed by atoms with Crippen molar-refractivity contribution in [3.8, 4) is 22.9 Å². The van der Waals surface area contributed by atoms with Gasteiger partial charge in [-0.15, -0.1) is 0 Å². The van der Waals surface area contributed by atoms with Crippen molar-refractivity contribution < 1.29 is 19.0 Å². The number of aromatic nitrogens is 2. The van der Waals surface area contributed by atoms with E-state index in [0.29, 0.717) is 44.6 Å². The van der Waals surface area contributed by atoms with Crippen molar-refractivity contribution in [3.05, 3.63) is 82.6 Å². The average Bonchev–Trinajstić information content (AvgIpc) is 3.31. The van der Waals surface area contributed by atoms with Crippen LogP contribution in [-0.2, 0) is 0 Å². The number of thioether (sulfide) groups is 1. The first kappa shape index (κ1) is 20.1. The number of nitrogens with zero attached hydrogens (tertiary/aromatic N) is 2. The molecule has 7 nitrogen and oxygen atoms in total. The Hall–Kier alpha value is -3.78. The van der Waals surface area contributed by atoms with E-state index in [-0.39, 0.29) is 23.9 Å². The van der Waals surface area contributed by atoms with Crippen LogP contribution in [0.5, 0.6) is 17.2 Å². The summed E-state index contributed by atoms with van der Waals surface area (Å²) in [4.78, 5) is 30.8. The maximum absolute atomic E-state index is 13.3. The molecule has 0 saturated heterocycles. The van der Waals surface area contributed by atoms with Gasteiger partial charge >= 0.3 is 0 Å². The molecule has 0 saturated carbocycles. The predicted octanol–water partition coefficient (Wildman–Crippen LogP) is 4.10. The first-order valence-corrected chi connectivity index (χ1v) is 10.8. The average molecular weight is 446 g/mol. The SMILES string of the molecule is COc1ccc(-n2c(SCC(=O)c3ccc4c(c3)OCO4)nc3ccccc3c2=O)cc1. The topological polar surface area (TPSA) is 79.7 Å². The lowest BCUT2D eigenvalue weighted by molar-refractivity contribution is 0.102. The smallest absolute Gasteiger partial charge is 0.266 e. The van der Waals surface area contributed by atoms with Crippen LogP contribution in [0.3, 0.4) is 0 Å². The Labute approximate surface area is 187 Å². The molecule has 5 rings (SSSR count). The summed E-state index contributed by atoms with van der Waals surface area (Å²) in [6, 6.07) is 19.4. The maximum Gasteiger partial charge on any atom is 0.266 e. The third-order valence-corrected chi connectivity index (χ3v) is 6.04. The fraction of sp³-hybridized carbons (Fsp3) is 0.125. The Morgan fingerprint density at radius 3 is 2.66 bits per heavy atom. The van der Waals surface area contributed by atoms with Crippen LogP contribution in [0.15, 0.2) is 76.7 Å². The number of methoxy groups -OCH3 is 1. The molecule has 160 valence electrons. The zero-order valence-electron chi connectivity index (χ0n) is 17.1. The summed E-state index contributed by atoms with van der Waals surface area (Å²) in [6.07, 6.45) is 0. The highest BCUT2D eigenvalue weighted by Gasteiger charge is 2.18. The van der Waals surface area contributed by atoms with Gasteiger partial charge in [-0.1, -0.05) is 23.9 Å². The summed E-state index contributed by atoms with van der Waals surface area (Å²) in [6.45, 7) is 0.150. The van der Waals surface area contributed by atoms with Gasteiger partial charge in [0.2, 0.25) is 6.79 Å². The number of para-hydroxylation sites is 1. The summed E-state index contributed by atoms with van der Waals surface area (Å²) in [7, 11) is 1.59. The first-order valence-electron chi connectivity index (χ1n) is 9.86. The van der Waals surface area contributed by atoms with E-state index in [4.69, 9.17) is 14.2 Å². The van der Waals surface area contributed by atoms with Crippen molar-refractivity contribution in [2.45, 2.75) is 5.16 Å². The van der Waals surface area contributed by atoms with Gasteiger partial charge in [0.05, 0.1) is 29.5 Å². The lowest BCUT2D eigenvalue weighted by Gasteiger charge is -2.13. The van der Waals surface area contributed by atoms with Crippen molar-refractivity contribution in [2.75, 3.05) is 19.7 Å². The number of carbonyl (C=O) groups is 1. The molecule has 1 aliphatic rings. The quantitative estimate of drug-likeness (QED) is 0.251. The van der Waals surface area contributed by atoms with Gasteiger partial charge in [-0.05, 0) is 54.6 Å². The zero-order valence-corrected chi connectivity index (χ0v) is 17.9. The second-order valence-corrected chi connectivity index (χ2v) is 7.97. The number of hydrogen-bond acceptors (Lipinski definition) is 7. The molecule has 0 bridgehead atoms. The maximum atomic E-state index is 13.3. The molecule has 0 aliphatic carbocycles. The number of ether oxygens (including phenoxy) is 3. The molecule has 0 unspecified atom stereocenters. The molecule has 2 heterocycles. The summed E-state index contributed by atoms with van der Waals surface area (Å²) < 4.78 is 17.4. The number of carbonyl (C=O) groups excluding carboxylic acids is 1. The van der Waals surface area contributed by atoms with Gasteiger partial charge in [0.25, 0.3) is 5.56 Å². The Morgan fingerprint density at radius 1 is 1.06 bits per heavy atom. The Balaban J connectivity index is 1.50. The highest BCUT2D eigenvalue weighted by atomic mass is 32.2. The molecule has 0 spiro atoms. The molecule has 3 aromatic carbocycles. The van der Waals surface area contributed by atoms with E-state index < -0.39 is 0 Å². The molecule has 0 atom stereocenters. The van der Waals surface area contributed by atoms with E-state index in [1.54, 1.807) is 67.8 Å². The molecule has 8 heteroatoms. The summed E-state index contributed by atoms with van der Waals surface area (Å²) in [5.74, 6) is 1.87. The minimum absolute atomic E-state index is 0.100. The van der Waals surface area contributed by atoms with Crippen molar-refractivity contribution in [3.63, 3.8) is 0 Å². The minimum atomic E-state index is -0.196. The van der Waals surface area contributed by atoms with E-state index in [2.05, 4.69) is 4.98 Å². The molecule has 1 aromatic heterocycles. The van der Waals surface area contributed by atoms with Gasteiger partial charge in [-0.2, -0.15) is 0 Å². The monoisotopic (exact) mass is 446 g/mol. The predicted molar refractivity (Wildman–Crippen MR) is 122 cm³/mol. The van der Waals surface area contributed by atoms with Crippen LogP contribution in [0.2, 0.25) is 0 Å². The number of Topliss-reactive ketones (excluding diaryl/α,β-unsaturated/α-hetero) is 1. The van der Waals surface area contributed by atoms with Gasteiger partial charge in [-0.3, -0.25) is 14.2 Å². The third-order valence-electron chi connectivity index (χ3n) is 5.10. The molecule has 1 aliphatic heterocycles. The van der Waals surface area contributed by atoms with E-state index in [9.17, 15) is 9.59 Å². The fourth-order valence-corrected chi connectivity index (χ4v) is 4.36. The second kappa shape index (κ2) is 8.39. The molecule has 0 fully saturated rings. The number of hydrogen-bond donors (Lipinski definition) is 0. The van der Waals surface area contributed by atoms with Gasteiger partial charge in [-0.25, -0.2) is 4.98 Å². The van der Waals surface area contributed by atoms with Gasteiger partial charge in [0.15, 0.2) is 22.4 Å². The molecule has 32 heavy (non-hydrogen) atoms.